The lowest BCUT2D eigenvalue weighted by atomic mass is 10.0. The van der Waals surface area contributed by atoms with Crippen molar-refractivity contribution < 1.29 is 4.42 Å². The Morgan fingerprint density at radius 1 is 0.418 bits per heavy atom. The van der Waals surface area contributed by atoms with Crippen LogP contribution in [0.1, 0.15) is 0 Å². The van der Waals surface area contributed by atoms with Crippen molar-refractivity contribution in [2.75, 3.05) is 4.90 Å². The van der Waals surface area contributed by atoms with Crippen molar-refractivity contribution in [3.63, 3.8) is 0 Å². The third-order valence-corrected chi connectivity index (χ3v) is 10.8. The highest BCUT2D eigenvalue weighted by Crippen LogP contribution is 2.45. The molecule has 0 N–H and O–H groups in total. The van der Waals surface area contributed by atoms with Gasteiger partial charge in [-0.25, -0.2) is 4.98 Å². The van der Waals surface area contributed by atoms with E-state index >= 15 is 0 Å². The van der Waals surface area contributed by atoms with E-state index in [0.29, 0.717) is 5.89 Å². The Morgan fingerprint density at radius 3 is 1.87 bits per heavy atom. The lowest BCUT2D eigenvalue weighted by Gasteiger charge is -2.27. The first kappa shape index (κ1) is 31.1. The maximum absolute atomic E-state index is 6.58. The highest BCUT2D eigenvalue weighted by atomic mass is 16.3. The van der Waals surface area contributed by atoms with Gasteiger partial charge in [-0.1, -0.05) is 133 Å². The number of fused-ring (bicyclic) bond motifs is 7. The molecule has 0 aliphatic heterocycles. The molecule has 11 aromatic rings. The lowest BCUT2D eigenvalue weighted by molar-refractivity contribution is 0.620. The van der Waals surface area contributed by atoms with E-state index < -0.39 is 0 Å². The van der Waals surface area contributed by atoms with Crippen molar-refractivity contribution in [1.29, 1.82) is 0 Å². The fraction of sp³-hybridized carbons (Fsp3) is 0. The summed E-state index contributed by atoms with van der Waals surface area (Å²) in [6.07, 6.45) is 0. The molecule has 0 saturated heterocycles. The van der Waals surface area contributed by atoms with Gasteiger partial charge in [0.1, 0.15) is 5.52 Å². The summed E-state index contributed by atoms with van der Waals surface area (Å²) in [5.41, 5.74) is 11.4. The molecular weight excluding hydrogens is 671 g/mol. The summed E-state index contributed by atoms with van der Waals surface area (Å²) in [4.78, 5) is 7.41. The van der Waals surface area contributed by atoms with Crippen molar-refractivity contribution >= 4 is 71.5 Å². The van der Waals surface area contributed by atoms with E-state index in [9.17, 15) is 0 Å². The largest absolute Gasteiger partial charge is 0.436 e. The molecule has 0 spiro atoms. The van der Waals surface area contributed by atoms with Gasteiger partial charge in [-0.05, 0) is 82.6 Å². The third kappa shape index (κ3) is 5.19. The molecular formula is C51H33N3O. The van der Waals surface area contributed by atoms with Gasteiger partial charge in [0.05, 0.1) is 16.7 Å². The molecule has 0 bridgehead atoms. The predicted octanol–water partition coefficient (Wildman–Crippen LogP) is 14.0. The average molecular weight is 704 g/mol. The van der Waals surface area contributed by atoms with Gasteiger partial charge in [0.25, 0.3) is 0 Å². The molecule has 0 saturated carbocycles. The number of hydrogen-bond acceptors (Lipinski definition) is 3. The minimum Gasteiger partial charge on any atom is -0.436 e. The molecule has 4 nitrogen and oxygen atoms in total. The quantitative estimate of drug-likeness (QED) is 0.173. The first-order valence-corrected chi connectivity index (χ1v) is 18.6. The molecule has 0 fully saturated rings. The van der Waals surface area contributed by atoms with Crippen LogP contribution in [0.5, 0.6) is 0 Å². The minimum absolute atomic E-state index is 0.609. The van der Waals surface area contributed by atoms with Gasteiger partial charge in [0, 0.05) is 50.2 Å². The van der Waals surface area contributed by atoms with E-state index in [1.54, 1.807) is 0 Å². The summed E-state index contributed by atoms with van der Waals surface area (Å²) in [5, 5.41) is 7.03. The molecule has 258 valence electrons. The summed E-state index contributed by atoms with van der Waals surface area (Å²) in [7, 11) is 0. The molecule has 4 heteroatoms. The first-order valence-electron chi connectivity index (χ1n) is 18.6. The van der Waals surface area contributed by atoms with Crippen LogP contribution in [-0.4, -0.2) is 9.55 Å². The third-order valence-electron chi connectivity index (χ3n) is 10.8. The van der Waals surface area contributed by atoms with E-state index in [1.165, 1.54) is 32.6 Å². The van der Waals surface area contributed by atoms with Gasteiger partial charge in [-0.2, -0.15) is 0 Å². The highest BCUT2D eigenvalue weighted by Gasteiger charge is 2.22. The summed E-state index contributed by atoms with van der Waals surface area (Å²) in [5.74, 6) is 0.609. The van der Waals surface area contributed by atoms with E-state index in [-0.39, 0.29) is 0 Å². The van der Waals surface area contributed by atoms with Crippen LogP contribution in [0, 0.1) is 0 Å². The van der Waals surface area contributed by atoms with E-state index in [2.05, 4.69) is 179 Å². The molecule has 0 radical (unpaired) electrons. The van der Waals surface area contributed by atoms with Gasteiger partial charge >= 0.3 is 0 Å². The van der Waals surface area contributed by atoms with Gasteiger partial charge < -0.3 is 13.9 Å². The predicted molar refractivity (Wildman–Crippen MR) is 229 cm³/mol. The molecule has 2 heterocycles. The molecule has 0 atom stereocenters. The zero-order chi connectivity index (χ0) is 36.3. The van der Waals surface area contributed by atoms with Crippen LogP contribution < -0.4 is 4.90 Å². The van der Waals surface area contributed by atoms with Crippen LogP contribution in [0.15, 0.2) is 205 Å². The molecule has 0 aliphatic carbocycles. The Hall–Kier alpha value is -7.43. The average Bonchev–Trinajstić information content (AvgIpc) is 3.84. The van der Waals surface area contributed by atoms with Gasteiger partial charge in [-0.3, -0.25) is 0 Å². The lowest BCUT2D eigenvalue weighted by Crippen LogP contribution is -2.11. The van der Waals surface area contributed by atoms with Crippen LogP contribution in [0.2, 0.25) is 0 Å². The Labute approximate surface area is 317 Å². The summed E-state index contributed by atoms with van der Waals surface area (Å²) in [6.45, 7) is 0. The van der Waals surface area contributed by atoms with E-state index in [4.69, 9.17) is 9.40 Å². The second kappa shape index (κ2) is 12.6. The maximum atomic E-state index is 6.58. The smallest absolute Gasteiger partial charge is 0.227 e. The Kier molecular flexibility index (Phi) is 7.14. The molecule has 9 aromatic carbocycles. The maximum Gasteiger partial charge on any atom is 0.227 e. The number of anilines is 3. The van der Waals surface area contributed by atoms with Gasteiger partial charge in [0.2, 0.25) is 5.89 Å². The van der Waals surface area contributed by atoms with E-state index in [1.807, 2.05) is 30.3 Å². The zero-order valence-corrected chi connectivity index (χ0v) is 29.8. The summed E-state index contributed by atoms with van der Waals surface area (Å²) < 4.78 is 8.96. The molecule has 2 aromatic heterocycles. The number of para-hydroxylation sites is 2. The van der Waals surface area contributed by atoms with Crippen LogP contribution in [0.25, 0.3) is 82.7 Å². The highest BCUT2D eigenvalue weighted by molar-refractivity contribution is 6.14. The van der Waals surface area contributed by atoms with Crippen LogP contribution in [0.4, 0.5) is 17.1 Å². The summed E-state index contributed by atoms with van der Waals surface area (Å²) in [6, 6.07) is 71.1. The Morgan fingerprint density at radius 2 is 1.05 bits per heavy atom. The van der Waals surface area contributed by atoms with Crippen molar-refractivity contribution in [3.8, 4) is 28.3 Å². The normalized spacial score (nSPS) is 11.6. The number of benzene rings is 9. The van der Waals surface area contributed by atoms with Gasteiger partial charge in [-0.15, -0.1) is 0 Å². The molecule has 0 unspecified atom stereocenters. The topological polar surface area (TPSA) is 34.2 Å². The zero-order valence-electron chi connectivity index (χ0n) is 29.8. The summed E-state index contributed by atoms with van der Waals surface area (Å²) >= 11 is 0. The molecule has 55 heavy (non-hydrogen) atoms. The second-order valence-corrected chi connectivity index (χ2v) is 14.0. The van der Waals surface area contributed by atoms with Crippen molar-refractivity contribution in [2.45, 2.75) is 0 Å². The van der Waals surface area contributed by atoms with Crippen LogP contribution in [-0.2, 0) is 0 Å². The number of hydrogen-bond donors (Lipinski definition) is 0. The van der Waals surface area contributed by atoms with Crippen LogP contribution in [0.3, 0.4) is 0 Å². The van der Waals surface area contributed by atoms with Crippen molar-refractivity contribution in [3.05, 3.63) is 200 Å². The second-order valence-electron chi connectivity index (χ2n) is 14.0. The first-order chi connectivity index (χ1) is 27.3. The Balaban J connectivity index is 1.15. The minimum atomic E-state index is 0.609. The fourth-order valence-electron chi connectivity index (χ4n) is 8.18. The van der Waals surface area contributed by atoms with Crippen LogP contribution >= 0.6 is 0 Å². The number of oxazole rings is 1. The SMILES string of the molecule is c1ccc(-c2nc3c(cc(N(c4ccc(-c5ccc6ccccc6c5)cc4)c4ccc5c6ccccc6n(-c6ccccc6)c5c4)c4ccccc43)o2)cc1. The fourth-order valence-corrected chi connectivity index (χ4v) is 8.18. The Bertz CT molecular complexity index is 3200. The van der Waals surface area contributed by atoms with Crippen molar-refractivity contribution in [2.24, 2.45) is 0 Å². The molecule has 0 aliphatic rings. The monoisotopic (exact) mass is 703 g/mol. The van der Waals surface area contributed by atoms with E-state index in [0.717, 1.165) is 61.3 Å². The molecule has 11 rings (SSSR count). The van der Waals surface area contributed by atoms with Gasteiger partial charge in [0.15, 0.2) is 5.58 Å². The standard InChI is InChI=1S/C51H33N3O/c1-3-14-36(15-4-1)51-52-50-45-21-10-9-20-43(45)48(33-49(50)55-51)53(40-27-25-35(26-28-40)38-24-23-34-13-7-8-16-37(34)31-38)41-29-30-44-42-19-11-12-22-46(42)54(47(44)32-41)39-17-5-2-6-18-39/h1-33H. The number of rotatable bonds is 6. The van der Waals surface area contributed by atoms with Crippen molar-refractivity contribution in [1.82, 2.24) is 9.55 Å². The number of aromatic nitrogens is 2. The molecule has 0 amide bonds. The number of nitrogens with zero attached hydrogens (tertiary/aromatic N) is 3.